The van der Waals surface area contributed by atoms with Gasteiger partial charge < -0.3 is 14.2 Å². The molecule has 2 heterocycles. The number of ketones is 1. The average Bonchev–Trinajstić information content (AvgIpc) is 3.35. The van der Waals surface area contributed by atoms with Crippen LogP contribution in [0.25, 0.3) is 17.1 Å². The standard InChI is InChI=1S/C28H35N7O6S/c1-17(2)13-31-26(29-6)25(41-16-19(4)36)20(5)42(37,38)34-28-33-32-27(21-12-18(3)14-30-15-21)35(28)24-22(39-7)10-9-11-23(24)40-8/h9-15,20,25H,6,16H2,1-5,7-8H3,(H,33,34)/t20-,25-/m0/s1. The third-order valence-corrected chi connectivity index (χ3v) is 7.60. The first-order valence-electron chi connectivity index (χ1n) is 12.8. The van der Waals surface area contributed by atoms with Crippen LogP contribution in [0, 0.1) is 6.92 Å². The van der Waals surface area contributed by atoms with E-state index in [1.807, 2.05) is 26.8 Å². The molecule has 3 aromatic rings. The lowest BCUT2D eigenvalue weighted by atomic mass is 10.2. The zero-order valence-corrected chi connectivity index (χ0v) is 25.5. The molecule has 0 aliphatic rings. The molecule has 0 amide bonds. The summed E-state index contributed by atoms with van der Waals surface area (Å²) in [6.07, 6.45) is 3.54. The summed E-state index contributed by atoms with van der Waals surface area (Å²) in [4.78, 5) is 24.1. The van der Waals surface area contributed by atoms with Crippen molar-refractivity contribution in [2.24, 2.45) is 9.98 Å². The number of Topliss-reactive ketones (excluding diaryl/α,β-unsaturated/α-hetero) is 1. The smallest absolute Gasteiger partial charge is 0.243 e. The van der Waals surface area contributed by atoms with Crippen molar-refractivity contribution in [1.82, 2.24) is 19.7 Å². The number of anilines is 1. The van der Waals surface area contributed by atoms with Gasteiger partial charge in [-0.3, -0.25) is 19.1 Å². The van der Waals surface area contributed by atoms with Crippen molar-refractivity contribution in [3.63, 3.8) is 0 Å². The number of pyridine rings is 1. The first-order chi connectivity index (χ1) is 19.9. The van der Waals surface area contributed by atoms with Crippen LogP contribution in [0.1, 0.15) is 33.3 Å². The highest BCUT2D eigenvalue weighted by Gasteiger charge is 2.36. The highest BCUT2D eigenvalue weighted by atomic mass is 32.2. The van der Waals surface area contributed by atoms with Crippen LogP contribution in [0.2, 0.25) is 0 Å². The Morgan fingerprint density at radius 2 is 1.81 bits per heavy atom. The van der Waals surface area contributed by atoms with Crippen molar-refractivity contribution in [2.75, 3.05) is 25.5 Å². The van der Waals surface area contributed by atoms with Crippen LogP contribution >= 0.6 is 0 Å². The van der Waals surface area contributed by atoms with Crippen LogP contribution in [0.3, 0.4) is 0 Å². The molecular formula is C28H35N7O6S. The summed E-state index contributed by atoms with van der Waals surface area (Å²) in [5.41, 5.74) is 2.63. The van der Waals surface area contributed by atoms with Crippen LogP contribution < -0.4 is 14.2 Å². The van der Waals surface area contributed by atoms with Crippen LogP contribution in [-0.2, 0) is 19.6 Å². The minimum absolute atomic E-state index is 0.00489. The molecule has 3 rings (SSSR count). The van der Waals surface area contributed by atoms with E-state index in [1.54, 1.807) is 30.6 Å². The van der Waals surface area contributed by atoms with Gasteiger partial charge in [0.2, 0.25) is 16.0 Å². The fourth-order valence-electron chi connectivity index (χ4n) is 3.89. The number of carbonyl (C=O) groups excluding carboxylic acids is 1. The Morgan fingerprint density at radius 3 is 2.36 bits per heavy atom. The van der Waals surface area contributed by atoms with E-state index in [2.05, 4.69) is 36.6 Å². The van der Waals surface area contributed by atoms with E-state index < -0.39 is 21.4 Å². The first kappa shape index (κ1) is 32.1. The topological polar surface area (TPSA) is 159 Å². The van der Waals surface area contributed by atoms with Gasteiger partial charge in [0.15, 0.2) is 17.4 Å². The lowest BCUT2D eigenvalue weighted by Crippen LogP contribution is -2.43. The monoisotopic (exact) mass is 597 g/mol. The van der Waals surface area contributed by atoms with Crippen LogP contribution in [0.15, 0.2) is 58.4 Å². The van der Waals surface area contributed by atoms with E-state index in [0.717, 1.165) is 11.1 Å². The molecular weight excluding hydrogens is 562 g/mol. The van der Waals surface area contributed by atoms with Gasteiger partial charge in [0.05, 0.1) is 14.2 Å². The number of nitrogens with zero attached hydrogens (tertiary/aromatic N) is 6. The number of sulfonamides is 1. The Kier molecular flexibility index (Phi) is 10.7. The van der Waals surface area contributed by atoms with Gasteiger partial charge in [0.1, 0.15) is 35.1 Å². The van der Waals surface area contributed by atoms with Crippen molar-refractivity contribution in [3.05, 3.63) is 54.0 Å². The van der Waals surface area contributed by atoms with E-state index in [0.29, 0.717) is 22.7 Å². The molecule has 0 fully saturated rings. The van der Waals surface area contributed by atoms with Gasteiger partial charge in [0.25, 0.3) is 0 Å². The van der Waals surface area contributed by atoms with E-state index in [4.69, 9.17) is 14.2 Å². The van der Waals surface area contributed by atoms with Crippen molar-refractivity contribution in [2.45, 2.75) is 46.0 Å². The Labute approximate surface area is 245 Å². The van der Waals surface area contributed by atoms with Gasteiger partial charge in [0, 0.05) is 24.2 Å². The maximum Gasteiger partial charge on any atom is 0.243 e. The molecule has 224 valence electrons. The molecule has 0 bridgehead atoms. The van der Waals surface area contributed by atoms with Crippen LogP contribution in [0.4, 0.5) is 5.95 Å². The molecule has 13 nitrogen and oxygen atoms in total. The molecule has 0 saturated carbocycles. The number of para-hydroxylation sites is 1. The minimum atomic E-state index is -4.30. The highest BCUT2D eigenvalue weighted by molar-refractivity contribution is 7.93. The van der Waals surface area contributed by atoms with Gasteiger partial charge in [-0.2, -0.15) is 0 Å². The summed E-state index contributed by atoms with van der Waals surface area (Å²) in [7, 11) is -1.33. The van der Waals surface area contributed by atoms with Gasteiger partial charge in [-0.1, -0.05) is 11.6 Å². The normalized spacial score (nSPS) is 13.2. The maximum absolute atomic E-state index is 13.9. The van der Waals surface area contributed by atoms with Gasteiger partial charge in [-0.15, -0.1) is 10.2 Å². The lowest BCUT2D eigenvalue weighted by molar-refractivity contribution is -0.122. The Morgan fingerprint density at radius 1 is 1.14 bits per heavy atom. The first-order valence-corrected chi connectivity index (χ1v) is 14.4. The fraction of sp³-hybridized carbons (Fsp3) is 0.357. The summed E-state index contributed by atoms with van der Waals surface area (Å²) >= 11 is 0. The Hall–Kier alpha value is -4.43. The number of aromatic nitrogens is 4. The second kappa shape index (κ2) is 14.0. The zero-order valence-electron chi connectivity index (χ0n) is 24.7. The summed E-state index contributed by atoms with van der Waals surface area (Å²) in [6.45, 7) is 11.4. The number of allylic oxidation sites excluding steroid dienone is 1. The Balaban J connectivity index is 2.19. The van der Waals surface area contributed by atoms with E-state index in [-0.39, 0.29) is 30.0 Å². The maximum atomic E-state index is 13.9. The SMILES string of the molecule is C=NC(=NC=C(C)C)[C@@H](OCC(C)=O)[C@H](C)S(=O)(=O)Nc1nnc(-c2cncc(C)c2)n1-c1c(OC)cccc1OC. The molecule has 14 heteroatoms. The number of methoxy groups -OCH3 is 2. The van der Waals surface area contributed by atoms with Gasteiger partial charge >= 0.3 is 0 Å². The van der Waals surface area contributed by atoms with E-state index >= 15 is 0 Å². The Bertz CT molecular complexity index is 1590. The number of hydrogen-bond donors (Lipinski definition) is 1. The predicted octanol–water partition coefficient (Wildman–Crippen LogP) is 3.78. The summed E-state index contributed by atoms with van der Waals surface area (Å²) in [5, 5.41) is 7.18. The van der Waals surface area contributed by atoms with Gasteiger partial charge in [-0.25, -0.2) is 18.4 Å². The van der Waals surface area contributed by atoms with Crippen molar-refractivity contribution in [1.29, 1.82) is 0 Å². The minimum Gasteiger partial charge on any atom is -0.494 e. The third-order valence-electron chi connectivity index (χ3n) is 5.91. The number of aliphatic imine (C=N–C) groups is 2. The molecule has 42 heavy (non-hydrogen) atoms. The number of amidine groups is 1. The fourth-order valence-corrected chi connectivity index (χ4v) is 4.99. The largest absolute Gasteiger partial charge is 0.494 e. The van der Waals surface area contributed by atoms with Gasteiger partial charge in [-0.05, 0) is 65.1 Å². The van der Waals surface area contributed by atoms with Crippen molar-refractivity contribution in [3.8, 4) is 28.6 Å². The number of hydrogen-bond acceptors (Lipinski definition) is 10. The number of carbonyl (C=O) groups is 1. The second-order valence-corrected chi connectivity index (χ2v) is 11.6. The van der Waals surface area contributed by atoms with Crippen molar-refractivity contribution >= 4 is 34.3 Å². The summed E-state index contributed by atoms with van der Waals surface area (Å²) in [5.74, 6) is 0.568. The number of benzene rings is 1. The number of rotatable bonds is 13. The predicted molar refractivity (Wildman–Crippen MR) is 161 cm³/mol. The molecule has 2 aromatic heterocycles. The van der Waals surface area contributed by atoms with E-state index in [1.165, 1.54) is 38.8 Å². The molecule has 0 saturated heterocycles. The number of ether oxygens (including phenoxy) is 3. The van der Waals surface area contributed by atoms with Crippen LogP contribution in [0.5, 0.6) is 11.5 Å². The molecule has 2 atom stereocenters. The van der Waals surface area contributed by atoms with Crippen LogP contribution in [-0.4, -0.2) is 78.7 Å². The average molecular weight is 598 g/mol. The highest BCUT2D eigenvalue weighted by Crippen LogP contribution is 2.38. The zero-order chi connectivity index (χ0) is 31.0. The molecule has 1 N–H and O–H groups in total. The number of aryl methyl sites for hydroxylation is 1. The lowest BCUT2D eigenvalue weighted by Gasteiger charge is -2.24. The quantitative estimate of drug-likeness (QED) is 0.228. The summed E-state index contributed by atoms with van der Waals surface area (Å²) in [6, 6.07) is 6.97. The summed E-state index contributed by atoms with van der Waals surface area (Å²) < 4.78 is 48.7. The molecule has 0 unspecified atom stereocenters. The number of nitrogens with one attached hydrogen (secondary N) is 1. The second-order valence-electron chi connectivity index (χ2n) is 9.58. The molecule has 0 radical (unpaired) electrons. The third kappa shape index (κ3) is 7.44. The van der Waals surface area contributed by atoms with Crippen molar-refractivity contribution < 1.29 is 27.4 Å². The molecule has 0 aliphatic heterocycles. The van der Waals surface area contributed by atoms with E-state index in [9.17, 15) is 13.2 Å². The molecule has 1 aromatic carbocycles. The molecule has 0 spiro atoms. The molecule has 0 aliphatic carbocycles.